The summed E-state index contributed by atoms with van der Waals surface area (Å²) in [4.78, 5) is 0. The number of benzene rings is 2. The predicted molar refractivity (Wildman–Crippen MR) is 87.0 cm³/mol. The van der Waals surface area contributed by atoms with Gasteiger partial charge in [0.15, 0.2) is 0 Å². The summed E-state index contributed by atoms with van der Waals surface area (Å²) >= 11 is 0. The van der Waals surface area contributed by atoms with Crippen LogP contribution in [-0.4, -0.2) is 0 Å². The zero-order valence-corrected chi connectivity index (χ0v) is 12.8. The molecular formula is C19H25N. The molecule has 1 heteroatoms. The van der Waals surface area contributed by atoms with Crippen LogP contribution in [0.2, 0.25) is 0 Å². The standard InChI is InChI=1S/C19H25N/c1-4-5-9-16-10-12-17(13-11-16)19(20)18-14(2)7-6-8-15(18)3/h6-8,10-13,19H,4-5,9,20H2,1-3H3. The van der Waals surface area contributed by atoms with Crippen LogP contribution in [-0.2, 0) is 6.42 Å². The summed E-state index contributed by atoms with van der Waals surface area (Å²) in [6.45, 7) is 6.50. The average molecular weight is 267 g/mol. The maximum atomic E-state index is 6.47. The van der Waals surface area contributed by atoms with Crippen molar-refractivity contribution >= 4 is 0 Å². The van der Waals surface area contributed by atoms with Crippen LogP contribution in [0.4, 0.5) is 0 Å². The molecule has 106 valence electrons. The van der Waals surface area contributed by atoms with Crippen LogP contribution in [0.15, 0.2) is 42.5 Å². The summed E-state index contributed by atoms with van der Waals surface area (Å²) in [5.41, 5.74) is 12.9. The van der Waals surface area contributed by atoms with Crippen LogP contribution in [0.5, 0.6) is 0 Å². The smallest absolute Gasteiger partial charge is 0.0556 e. The first kappa shape index (κ1) is 14.8. The first-order valence-corrected chi connectivity index (χ1v) is 7.54. The van der Waals surface area contributed by atoms with E-state index in [9.17, 15) is 0 Å². The van der Waals surface area contributed by atoms with Gasteiger partial charge in [-0.3, -0.25) is 0 Å². The molecule has 2 N–H and O–H groups in total. The van der Waals surface area contributed by atoms with Crippen molar-refractivity contribution in [1.82, 2.24) is 0 Å². The number of rotatable bonds is 5. The third kappa shape index (κ3) is 3.29. The van der Waals surface area contributed by atoms with Gasteiger partial charge in [0, 0.05) is 0 Å². The van der Waals surface area contributed by atoms with Gasteiger partial charge in [-0.1, -0.05) is 55.8 Å². The molecule has 1 atom stereocenters. The Hall–Kier alpha value is -1.60. The quantitative estimate of drug-likeness (QED) is 0.835. The van der Waals surface area contributed by atoms with E-state index in [1.165, 1.54) is 40.7 Å². The maximum Gasteiger partial charge on any atom is 0.0556 e. The van der Waals surface area contributed by atoms with E-state index >= 15 is 0 Å². The van der Waals surface area contributed by atoms with E-state index in [2.05, 4.69) is 63.2 Å². The van der Waals surface area contributed by atoms with E-state index in [1.807, 2.05) is 0 Å². The normalized spacial score (nSPS) is 12.4. The van der Waals surface area contributed by atoms with Crippen molar-refractivity contribution in [3.8, 4) is 0 Å². The summed E-state index contributed by atoms with van der Waals surface area (Å²) in [7, 11) is 0. The summed E-state index contributed by atoms with van der Waals surface area (Å²) in [6, 6.07) is 15.1. The van der Waals surface area contributed by atoms with Gasteiger partial charge in [0.05, 0.1) is 6.04 Å². The molecule has 0 bridgehead atoms. The molecule has 1 unspecified atom stereocenters. The molecule has 0 saturated heterocycles. The van der Waals surface area contributed by atoms with Crippen molar-refractivity contribution < 1.29 is 0 Å². The van der Waals surface area contributed by atoms with E-state index in [1.54, 1.807) is 0 Å². The molecule has 0 heterocycles. The molecule has 1 nitrogen and oxygen atoms in total. The predicted octanol–water partition coefficient (Wildman–Crippen LogP) is 4.69. The summed E-state index contributed by atoms with van der Waals surface area (Å²) in [6.07, 6.45) is 3.65. The first-order chi connectivity index (χ1) is 9.63. The van der Waals surface area contributed by atoms with Gasteiger partial charge < -0.3 is 5.73 Å². The lowest BCUT2D eigenvalue weighted by Crippen LogP contribution is -2.14. The number of aryl methyl sites for hydroxylation is 3. The highest BCUT2D eigenvalue weighted by atomic mass is 14.6. The second-order valence-corrected chi connectivity index (χ2v) is 5.63. The molecule has 2 aromatic carbocycles. The van der Waals surface area contributed by atoms with Crippen LogP contribution in [0.25, 0.3) is 0 Å². The molecule has 2 aromatic rings. The molecule has 0 aromatic heterocycles. The largest absolute Gasteiger partial charge is 0.320 e. The monoisotopic (exact) mass is 267 g/mol. The van der Waals surface area contributed by atoms with Crippen LogP contribution < -0.4 is 5.73 Å². The number of hydrogen-bond acceptors (Lipinski definition) is 1. The highest BCUT2D eigenvalue weighted by Crippen LogP contribution is 2.26. The summed E-state index contributed by atoms with van der Waals surface area (Å²) in [5, 5.41) is 0. The minimum absolute atomic E-state index is 0.0311. The van der Waals surface area contributed by atoms with Gasteiger partial charge in [0.2, 0.25) is 0 Å². The Balaban J connectivity index is 2.23. The van der Waals surface area contributed by atoms with E-state index in [-0.39, 0.29) is 6.04 Å². The highest BCUT2D eigenvalue weighted by molar-refractivity contribution is 5.42. The SMILES string of the molecule is CCCCc1ccc(C(N)c2c(C)cccc2C)cc1. The van der Waals surface area contributed by atoms with Gasteiger partial charge in [-0.15, -0.1) is 0 Å². The molecule has 0 saturated carbocycles. The Labute approximate surface area is 122 Å². The molecule has 0 amide bonds. The van der Waals surface area contributed by atoms with Crippen LogP contribution in [0, 0.1) is 13.8 Å². The molecule has 0 aliphatic carbocycles. The number of hydrogen-bond donors (Lipinski definition) is 1. The van der Waals surface area contributed by atoms with Crippen molar-refractivity contribution in [2.75, 3.05) is 0 Å². The molecule has 2 rings (SSSR count). The molecule has 0 spiro atoms. The van der Waals surface area contributed by atoms with Gasteiger partial charge in [0.1, 0.15) is 0 Å². The van der Waals surface area contributed by atoms with Gasteiger partial charge in [-0.05, 0) is 54.5 Å². The van der Waals surface area contributed by atoms with Crippen LogP contribution in [0.1, 0.15) is 53.6 Å². The number of nitrogens with two attached hydrogens (primary N) is 1. The van der Waals surface area contributed by atoms with Gasteiger partial charge in [-0.25, -0.2) is 0 Å². The lowest BCUT2D eigenvalue weighted by atomic mass is 9.91. The fourth-order valence-electron chi connectivity index (χ4n) is 2.76. The second-order valence-electron chi connectivity index (χ2n) is 5.63. The highest BCUT2D eigenvalue weighted by Gasteiger charge is 2.13. The average Bonchev–Trinajstić information content (AvgIpc) is 2.45. The number of unbranched alkanes of at least 4 members (excludes halogenated alkanes) is 1. The molecular weight excluding hydrogens is 242 g/mol. The van der Waals surface area contributed by atoms with Gasteiger partial charge in [0.25, 0.3) is 0 Å². The van der Waals surface area contributed by atoms with Crippen molar-refractivity contribution in [3.63, 3.8) is 0 Å². The molecule has 20 heavy (non-hydrogen) atoms. The lowest BCUT2D eigenvalue weighted by molar-refractivity contribution is 0.792. The van der Waals surface area contributed by atoms with Crippen molar-refractivity contribution in [2.24, 2.45) is 5.73 Å². The van der Waals surface area contributed by atoms with E-state index in [4.69, 9.17) is 5.73 Å². The van der Waals surface area contributed by atoms with Gasteiger partial charge in [-0.2, -0.15) is 0 Å². The van der Waals surface area contributed by atoms with Crippen molar-refractivity contribution in [2.45, 2.75) is 46.1 Å². The Bertz CT molecular complexity index is 534. The minimum Gasteiger partial charge on any atom is -0.320 e. The van der Waals surface area contributed by atoms with Crippen molar-refractivity contribution in [1.29, 1.82) is 0 Å². The van der Waals surface area contributed by atoms with Crippen molar-refractivity contribution in [3.05, 3.63) is 70.3 Å². The Morgan fingerprint density at radius 1 is 0.950 bits per heavy atom. The molecule has 0 aliphatic heterocycles. The Morgan fingerprint density at radius 2 is 1.55 bits per heavy atom. The summed E-state index contributed by atoms with van der Waals surface area (Å²) < 4.78 is 0. The van der Waals surface area contributed by atoms with Gasteiger partial charge >= 0.3 is 0 Å². The first-order valence-electron chi connectivity index (χ1n) is 7.54. The van der Waals surface area contributed by atoms with E-state index in [0.717, 1.165) is 6.42 Å². The van der Waals surface area contributed by atoms with E-state index < -0.39 is 0 Å². The molecule has 0 radical (unpaired) electrons. The second kappa shape index (κ2) is 6.71. The topological polar surface area (TPSA) is 26.0 Å². The van der Waals surface area contributed by atoms with Crippen LogP contribution >= 0.6 is 0 Å². The Kier molecular flexibility index (Phi) is 4.97. The fourth-order valence-corrected chi connectivity index (χ4v) is 2.76. The third-order valence-corrected chi connectivity index (χ3v) is 4.01. The minimum atomic E-state index is -0.0311. The molecule has 0 aliphatic rings. The zero-order chi connectivity index (χ0) is 14.5. The van der Waals surface area contributed by atoms with Crippen LogP contribution in [0.3, 0.4) is 0 Å². The van der Waals surface area contributed by atoms with E-state index in [0.29, 0.717) is 0 Å². The molecule has 0 fully saturated rings. The Morgan fingerprint density at radius 3 is 2.10 bits per heavy atom. The summed E-state index contributed by atoms with van der Waals surface area (Å²) in [5.74, 6) is 0. The lowest BCUT2D eigenvalue weighted by Gasteiger charge is -2.18. The maximum absolute atomic E-state index is 6.47. The third-order valence-electron chi connectivity index (χ3n) is 4.01. The zero-order valence-electron chi connectivity index (χ0n) is 12.8. The fraction of sp³-hybridized carbons (Fsp3) is 0.368.